The van der Waals surface area contributed by atoms with Gasteiger partial charge in [-0.1, -0.05) is 23.7 Å². The van der Waals surface area contributed by atoms with Gasteiger partial charge in [-0.05, 0) is 65.2 Å². The summed E-state index contributed by atoms with van der Waals surface area (Å²) in [6.45, 7) is 3.90. The molecule has 0 aliphatic rings. The number of urea groups is 1. The third kappa shape index (κ3) is 3.74. The maximum atomic E-state index is 11.9. The van der Waals surface area contributed by atoms with Gasteiger partial charge in [0, 0.05) is 15.2 Å². The smallest absolute Gasteiger partial charge is 0.308 e. The number of hydrogen-bond acceptors (Lipinski definition) is 1. The van der Waals surface area contributed by atoms with E-state index in [1.54, 1.807) is 6.07 Å². The Morgan fingerprint density at radius 2 is 1.85 bits per heavy atom. The first-order valence-electron chi connectivity index (χ1n) is 6.06. The molecule has 3 nitrogen and oxygen atoms in total. The molecule has 2 N–H and O–H groups in total. The lowest BCUT2D eigenvalue weighted by Crippen LogP contribution is -2.19. The minimum Gasteiger partial charge on any atom is -0.308 e. The number of halogens is 2. The second-order valence-corrected chi connectivity index (χ2v) is 5.79. The molecule has 2 aromatic rings. The van der Waals surface area contributed by atoms with Crippen LogP contribution in [0.25, 0.3) is 0 Å². The number of carbonyl (C=O) groups excluding carboxylic acids is 1. The van der Waals surface area contributed by atoms with Crippen LogP contribution < -0.4 is 10.6 Å². The molecule has 2 rings (SSSR count). The van der Waals surface area contributed by atoms with Gasteiger partial charge in [0.25, 0.3) is 0 Å². The molecule has 0 bridgehead atoms. The Bertz CT molecular complexity index is 658. The monoisotopic (exact) mass is 352 g/mol. The molecule has 0 unspecified atom stereocenters. The van der Waals surface area contributed by atoms with Crippen molar-refractivity contribution in [2.75, 3.05) is 10.6 Å². The predicted octanol–water partition coefficient (Wildman–Crippen LogP) is 5.36. The summed E-state index contributed by atoms with van der Waals surface area (Å²) in [5.41, 5.74) is 3.46. The average molecular weight is 354 g/mol. The summed E-state index contributed by atoms with van der Waals surface area (Å²) in [5, 5.41) is 6.15. The Hall–Kier alpha value is -1.52. The van der Waals surface area contributed by atoms with Crippen LogP contribution in [0.4, 0.5) is 16.2 Å². The zero-order chi connectivity index (χ0) is 14.7. The number of carbonyl (C=O) groups is 1. The quantitative estimate of drug-likeness (QED) is 0.749. The van der Waals surface area contributed by atoms with Crippen molar-refractivity contribution in [3.05, 3.63) is 57.0 Å². The molecule has 2 aromatic carbocycles. The second kappa shape index (κ2) is 6.29. The third-order valence-electron chi connectivity index (χ3n) is 2.80. The number of nitrogens with one attached hydrogen (secondary N) is 2. The van der Waals surface area contributed by atoms with E-state index in [4.69, 9.17) is 11.6 Å². The van der Waals surface area contributed by atoms with E-state index in [9.17, 15) is 4.79 Å². The lowest BCUT2D eigenvalue weighted by molar-refractivity contribution is 0.262. The van der Waals surface area contributed by atoms with Crippen molar-refractivity contribution in [2.24, 2.45) is 0 Å². The number of amides is 2. The highest BCUT2D eigenvalue weighted by atomic mass is 79.9. The first-order valence-corrected chi connectivity index (χ1v) is 7.23. The van der Waals surface area contributed by atoms with E-state index in [1.807, 2.05) is 44.2 Å². The summed E-state index contributed by atoms with van der Waals surface area (Å²) in [6, 6.07) is 10.8. The highest BCUT2D eigenvalue weighted by Crippen LogP contribution is 2.24. The standard InChI is InChI=1S/C15H14BrClN2O/c1-9-3-6-14(12(16)7-9)19-15(20)18-11-5-4-10(2)13(17)8-11/h3-8H,1-2H3,(H2,18,19,20). The van der Waals surface area contributed by atoms with Gasteiger partial charge in [0.15, 0.2) is 0 Å². The van der Waals surface area contributed by atoms with Gasteiger partial charge in [-0.15, -0.1) is 0 Å². The van der Waals surface area contributed by atoms with Crippen molar-refractivity contribution in [3.8, 4) is 0 Å². The maximum Gasteiger partial charge on any atom is 0.323 e. The van der Waals surface area contributed by atoms with E-state index in [-0.39, 0.29) is 6.03 Å². The van der Waals surface area contributed by atoms with E-state index in [2.05, 4.69) is 26.6 Å². The molecule has 0 spiro atoms. The van der Waals surface area contributed by atoms with Gasteiger partial charge in [0.2, 0.25) is 0 Å². The predicted molar refractivity (Wildman–Crippen MR) is 87.7 cm³/mol. The molecule has 104 valence electrons. The summed E-state index contributed by atoms with van der Waals surface area (Å²) in [5.74, 6) is 0. The molecular weight excluding hydrogens is 340 g/mol. The molecule has 0 aliphatic carbocycles. The maximum absolute atomic E-state index is 11.9. The topological polar surface area (TPSA) is 41.1 Å². The van der Waals surface area contributed by atoms with Crippen LogP contribution in [0.2, 0.25) is 5.02 Å². The fourth-order valence-electron chi connectivity index (χ4n) is 1.68. The van der Waals surface area contributed by atoms with E-state index in [1.165, 1.54) is 0 Å². The minimum absolute atomic E-state index is 0.311. The molecule has 2 amide bonds. The molecule has 0 heterocycles. The number of anilines is 2. The Morgan fingerprint density at radius 1 is 1.10 bits per heavy atom. The molecule has 0 aliphatic heterocycles. The number of rotatable bonds is 2. The number of hydrogen-bond donors (Lipinski definition) is 2. The van der Waals surface area contributed by atoms with Crippen molar-refractivity contribution in [1.82, 2.24) is 0 Å². The molecule has 0 saturated heterocycles. The Kier molecular flexibility index (Phi) is 4.68. The van der Waals surface area contributed by atoms with Crippen LogP contribution in [0.1, 0.15) is 11.1 Å². The van der Waals surface area contributed by atoms with Gasteiger partial charge < -0.3 is 10.6 Å². The summed E-state index contributed by atoms with van der Waals surface area (Å²) >= 11 is 9.44. The van der Waals surface area contributed by atoms with Crippen molar-refractivity contribution in [2.45, 2.75) is 13.8 Å². The van der Waals surface area contributed by atoms with Gasteiger partial charge >= 0.3 is 6.03 Å². The molecule has 0 aromatic heterocycles. The average Bonchev–Trinajstić information content (AvgIpc) is 2.37. The molecule has 0 saturated carbocycles. The van der Waals surface area contributed by atoms with Crippen LogP contribution in [0.15, 0.2) is 40.9 Å². The fourth-order valence-corrected chi connectivity index (χ4v) is 2.45. The van der Waals surface area contributed by atoms with Crippen LogP contribution in [0.5, 0.6) is 0 Å². The van der Waals surface area contributed by atoms with E-state index in [0.717, 1.165) is 15.6 Å². The summed E-state index contributed by atoms with van der Waals surface area (Å²) in [6.07, 6.45) is 0. The van der Waals surface area contributed by atoms with Gasteiger partial charge in [0.05, 0.1) is 5.69 Å². The number of aryl methyl sites for hydroxylation is 2. The molecule has 0 radical (unpaired) electrons. The van der Waals surface area contributed by atoms with Gasteiger partial charge in [0.1, 0.15) is 0 Å². The van der Waals surface area contributed by atoms with Gasteiger partial charge in [-0.2, -0.15) is 0 Å². The summed E-state index contributed by atoms with van der Waals surface area (Å²) < 4.78 is 0.842. The Morgan fingerprint density at radius 3 is 2.50 bits per heavy atom. The minimum atomic E-state index is -0.311. The second-order valence-electron chi connectivity index (χ2n) is 4.53. The van der Waals surface area contributed by atoms with E-state index in [0.29, 0.717) is 16.4 Å². The molecule has 0 fully saturated rings. The highest BCUT2D eigenvalue weighted by molar-refractivity contribution is 9.10. The highest BCUT2D eigenvalue weighted by Gasteiger charge is 2.06. The molecule has 20 heavy (non-hydrogen) atoms. The lowest BCUT2D eigenvalue weighted by Gasteiger charge is -2.10. The van der Waals surface area contributed by atoms with Gasteiger partial charge in [-0.25, -0.2) is 4.79 Å². The van der Waals surface area contributed by atoms with E-state index >= 15 is 0 Å². The summed E-state index contributed by atoms with van der Waals surface area (Å²) in [4.78, 5) is 11.9. The molecule has 0 atom stereocenters. The third-order valence-corrected chi connectivity index (χ3v) is 3.87. The van der Waals surface area contributed by atoms with Crippen molar-refractivity contribution in [1.29, 1.82) is 0 Å². The summed E-state index contributed by atoms with van der Waals surface area (Å²) in [7, 11) is 0. The van der Waals surface area contributed by atoms with Crippen molar-refractivity contribution in [3.63, 3.8) is 0 Å². The largest absolute Gasteiger partial charge is 0.323 e. The SMILES string of the molecule is Cc1ccc(NC(=O)Nc2ccc(C)c(Cl)c2)c(Br)c1. The number of benzene rings is 2. The van der Waals surface area contributed by atoms with Crippen molar-refractivity contribution < 1.29 is 4.79 Å². The van der Waals surface area contributed by atoms with Crippen LogP contribution in [-0.2, 0) is 0 Å². The van der Waals surface area contributed by atoms with Gasteiger partial charge in [-0.3, -0.25) is 0 Å². The van der Waals surface area contributed by atoms with Crippen molar-refractivity contribution >= 4 is 44.9 Å². The zero-order valence-corrected chi connectivity index (χ0v) is 13.5. The molecular formula is C15H14BrClN2O. The molecule has 5 heteroatoms. The Labute approximate surface area is 131 Å². The fraction of sp³-hybridized carbons (Fsp3) is 0.133. The zero-order valence-electron chi connectivity index (χ0n) is 11.1. The first kappa shape index (κ1) is 14.9. The Balaban J connectivity index is 2.07. The first-order chi connectivity index (χ1) is 9.45. The van der Waals surface area contributed by atoms with E-state index < -0.39 is 0 Å². The van der Waals surface area contributed by atoms with Crippen LogP contribution >= 0.6 is 27.5 Å². The van der Waals surface area contributed by atoms with Crippen LogP contribution in [0.3, 0.4) is 0 Å². The van der Waals surface area contributed by atoms with Crippen LogP contribution in [-0.4, -0.2) is 6.03 Å². The van der Waals surface area contributed by atoms with Crippen LogP contribution in [0, 0.1) is 13.8 Å². The lowest BCUT2D eigenvalue weighted by atomic mass is 10.2. The normalized spacial score (nSPS) is 10.2.